The van der Waals surface area contributed by atoms with Crippen LogP contribution in [0.15, 0.2) is 81.5 Å². The summed E-state index contributed by atoms with van der Waals surface area (Å²) in [4.78, 5) is 52.6. The van der Waals surface area contributed by atoms with Crippen molar-refractivity contribution in [2.45, 2.75) is 11.0 Å². The molecule has 0 unspecified atom stereocenters. The van der Waals surface area contributed by atoms with Gasteiger partial charge in [-0.1, -0.05) is 12.1 Å². The Morgan fingerprint density at radius 1 is 1.02 bits per heavy atom. The molecule has 0 saturated carbocycles. The molecule has 4 aromatic rings. The molecule has 0 fully saturated rings. The Balaban J connectivity index is 1.83. The van der Waals surface area contributed by atoms with Gasteiger partial charge in [0.2, 0.25) is 10.0 Å². The second-order valence-corrected chi connectivity index (χ2v) is 9.63. The van der Waals surface area contributed by atoms with E-state index in [4.69, 9.17) is 5.14 Å². The lowest BCUT2D eigenvalue weighted by Crippen LogP contribution is -2.30. The third-order valence-corrected chi connectivity index (χ3v) is 6.49. The van der Waals surface area contributed by atoms with Gasteiger partial charge in [-0.2, -0.15) is 5.10 Å². The second-order valence-electron chi connectivity index (χ2n) is 8.10. The minimum atomic E-state index is -4.31. The lowest BCUT2D eigenvalue weighted by atomic mass is 10.0. The number of nitrogens with zero attached hydrogens (tertiary/aromatic N) is 4. The van der Waals surface area contributed by atoms with Gasteiger partial charge in [0, 0.05) is 24.3 Å². The number of nitro benzene ring substituents is 2. The predicted molar refractivity (Wildman–Crippen MR) is 139 cm³/mol. The van der Waals surface area contributed by atoms with Crippen LogP contribution in [0.5, 0.6) is 0 Å². The van der Waals surface area contributed by atoms with Crippen LogP contribution in [-0.2, 0) is 10.0 Å². The second kappa shape index (κ2) is 10.8. The summed E-state index contributed by atoms with van der Waals surface area (Å²) in [5.41, 5.74) is -0.828. The number of nitro groups is 2. The number of hydrogen-bond donors (Lipinski definition) is 4. The molecule has 1 heterocycles. The SMILES string of the molecule is NS(=O)(=O)c1ccccc1C(=O)N/N=C(/c1nc2ccc([N+](=O)[O-])cc2[nH]c1=O)[C@H](O)c1ccc([N+](=O)[O-])cc1. The minimum Gasteiger partial charge on any atom is -0.382 e. The van der Waals surface area contributed by atoms with Crippen LogP contribution in [0.25, 0.3) is 11.0 Å². The summed E-state index contributed by atoms with van der Waals surface area (Å²) in [7, 11) is -4.31. The molecule has 204 valence electrons. The maximum Gasteiger partial charge on any atom is 0.276 e. The predicted octanol–water partition coefficient (Wildman–Crippen LogP) is 1.25. The fraction of sp³-hybridized carbons (Fsp3) is 0.0435. The molecule has 3 aromatic carbocycles. The standard InChI is InChI=1S/C23H17N7O9S/c24-40(38,39)18-4-2-1-3-15(18)22(32)28-27-19(21(31)12-5-7-13(8-6-12)29(34)35)20-23(33)26-17-11-14(30(36)37)9-10-16(17)25-20/h1-11,21,31H,(H,26,33)(H,28,32)(H2,24,38,39)/b27-19-/t21-/m1/s1. The van der Waals surface area contributed by atoms with E-state index in [0.29, 0.717) is 0 Å². The average molecular weight is 567 g/mol. The number of nitrogens with one attached hydrogen (secondary N) is 2. The first kappa shape index (κ1) is 27.6. The smallest absolute Gasteiger partial charge is 0.276 e. The number of aromatic amines is 1. The van der Waals surface area contributed by atoms with Gasteiger partial charge in [0.05, 0.1) is 31.3 Å². The molecule has 16 nitrogen and oxygen atoms in total. The molecular formula is C23H17N7O9S. The number of hydrogen-bond acceptors (Lipinski definition) is 11. The van der Waals surface area contributed by atoms with Crippen LogP contribution in [-0.4, -0.2) is 45.0 Å². The Bertz CT molecular complexity index is 1870. The Hall–Kier alpha value is -5.39. The van der Waals surface area contributed by atoms with Crippen molar-refractivity contribution in [1.29, 1.82) is 0 Å². The monoisotopic (exact) mass is 567 g/mol. The molecule has 0 spiro atoms. The van der Waals surface area contributed by atoms with E-state index in [1.807, 2.05) is 0 Å². The molecule has 5 N–H and O–H groups in total. The minimum absolute atomic E-state index is 0.00163. The van der Waals surface area contributed by atoms with Gasteiger partial charge < -0.3 is 10.1 Å². The summed E-state index contributed by atoms with van der Waals surface area (Å²) in [6.45, 7) is 0. The van der Waals surface area contributed by atoms with Gasteiger partial charge in [0.15, 0.2) is 5.69 Å². The summed E-state index contributed by atoms with van der Waals surface area (Å²) in [5.74, 6) is -1.06. The first-order valence-corrected chi connectivity index (χ1v) is 12.5. The number of fused-ring (bicyclic) bond motifs is 1. The van der Waals surface area contributed by atoms with E-state index in [1.54, 1.807) is 0 Å². The van der Waals surface area contributed by atoms with E-state index >= 15 is 0 Å². The molecule has 1 aromatic heterocycles. The van der Waals surface area contributed by atoms with E-state index in [0.717, 1.165) is 36.4 Å². The Labute approximate surface area is 223 Å². The first-order valence-electron chi connectivity index (χ1n) is 11.0. The number of aromatic nitrogens is 2. The zero-order valence-electron chi connectivity index (χ0n) is 19.9. The van der Waals surface area contributed by atoms with Crippen molar-refractivity contribution in [1.82, 2.24) is 15.4 Å². The summed E-state index contributed by atoms with van der Waals surface area (Å²) in [6.07, 6.45) is -1.78. The fourth-order valence-electron chi connectivity index (χ4n) is 3.61. The number of rotatable bonds is 8. The summed E-state index contributed by atoms with van der Waals surface area (Å²) < 4.78 is 23.8. The molecule has 0 aliphatic heterocycles. The molecule has 0 aliphatic carbocycles. The average Bonchev–Trinajstić information content (AvgIpc) is 2.92. The number of primary sulfonamides is 1. The lowest BCUT2D eigenvalue weighted by molar-refractivity contribution is -0.385. The van der Waals surface area contributed by atoms with Crippen LogP contribution in [0.1, 0.15) is 27.7 Å². The Morgan fingerprint density at radius 2 is 1.65 bits per heavy atom. The van der Waals surface area contributed by atoms with Gasteiger partial charge in [-0.3, -0.25) is 29.8 Å². The van der Waals surface area contributed by atoms with Gasteiger partial charge in [0.1, 0.15) is 11.8 Å². The van der Waals surface area contributed by atoms with Crippen molar-refractivity contribution in [3.63, 3.8) is 0 Å². The highest BCUT2D eigenvalue weighted by Crippen LogP contribution is 2.23. The molecule has 40 heavy (non-hydrogen) atoms. The van der Waals surface area contributed by atoms with E-state index in [2.05, 4.69) is 20.5 Å². The number of sulfonamides is 1. The number of amides is 1. The number of H-pyrrole nitrogens is 1. The third-order valence-electron chi connectivity index (χ3n) is 5.52. The van der Waals surface area contributed by atoms with Crippen LogP contribution in [0.3, 0.4) is 0 Å². The van der Waals surface area contributed by atoms with Crippen LogP contribution < -0.4 is 16.1 Å². The number of nitrogens with two attached hydrogens (primary N) is 1. The zero-order chi connectivity index (χ0) is 29.2. The van der Waals surface area contributed by atoms with Crippen molar-refractivity contribution >= 4 is 44.1 Å². The Morgan fingerprint density at radius 3 is 2.27 bits per heavy atom. The highest BCUT2D eigenvalue weighted by atomic mass is 32.2. The largest absolute Gasteiger partial charge is 0.382 e. The van der Waals surface area contributed by atoms with E-state index < -0.39 is 53.7 Å². The van der Waals surface area contributed by atoms with Crippen LogP contribution >= 0.6 is 0 Å². The molecule has 0 bridgehead atoms. The van der Waals surface area contributed by atoms with Crippen LogP contribution in [0, 0.1) is 20.2 Å². The quantitative estimate of drug-likeness (QED) is 0.135. The van der Waals surface area contributed by atoms with Crippen molar-refractivity contribution in [2.75, 3.05) is 0 Å². The van der Waals surface area contributed by atoms with Crippen LogP contribution in [0.2, 0.25) is 0 Å². The summed E-state index contributed by atoms with van der Waals surface area (Å²) in [5, 5.41) is 42.2. The third kappa shape index (κ3) is 5.70. The number of carbonyl (C=O) groups is 1. The van der Waals surface area contributed by atoms with Crippen LogP contribution in [0.4, 0.5) is 11.4 Å². The number of carbonyl (C=O) groups excluding carboxylic acids is 1. The molecule has 0 radical (unpaired) electrons. The van der Waals surface area contributed by atoms with Crippen molar-refractivity contribution in [3.8, 4) is 0 Å². The van der Waals surface area contributed by atoms with Gasteiger partial charge in [-0.25, -0.2) is 24.0 Å². The summed E-state index contributed by atoms with van der Waals surface area (Å²) >= 11 is 0. The molecule has 1 amide bonds. The maximum atomic E-state index is 13.0. The van der Waals surface area contributed by atoms with Gasteiger partial charge in [-0.15, -0.1) is 0 Å². The van der Waals surface area contributed by atoms with E-state index in [1.165, 1.54) is 30.3 Å². The molecule has 0 saturated heterocycles. The highest BCUT2D eigenvalue weighted by molar-refractivity contribution is 7.89. The number of aliphatic hydroxyl groups is 1. The van der Waals surface area contributed by atoms with Gasteiger partial charge in [-0.05, 0) is 35.9 Å². The number of non-ortho nitro benzene ring substituents is 2. The van der Waals surface area contributed by atoms with Gasteiger partial charge in [0.25, 0.3) is 22.8 Å². The van der Waals surface area contributed by atoms with E-state index in [9.17, 15) is 43.3 Å². The molecule has 1 atom stereocenters. The van der Waals surface area contributed by atoms with Crippen molar-refractivity contribution < 1.29 is 28.2 Å². The molecule has 0 aliphatic rings. The number of benzene rings is 3. The molecule has 17 heteroatoms. The summed E-state index contributed by atoms with van der Waals surface area (Å²) in [6, 6.07) is 13.0. The molecular weight excluding hydrogens is 550 g/mol. The zero-order valence-corrected chi connectivity index (χ0v) is 20.7. The normalized spacial score (nSPS) is 12.6. The molecule has 4 rings (SSSR count). The Kier molecular flexibility index (Phi) is 7.44. The first-order chi connectivity index (χ1) is 18.9. The van der Waals surface area contributed by atoms with Gasteiger partial charge >= 0.3 is 0 Å². The highest BCUT2D eigenvalue weighted by Gasteiger charge is 2.25. The number of hydrazone groups is 1. The topological polar surface area (TPSA) is 254 Å². The van der Waals surface area contributed by atoms with Crippen molar-refractivity contribution in [2.24, 2.45) is 10.2 Å². The lowest BCUT2D eigenvalue weighted by Gasteiger charge is -2.14. The fourth-order valence-corrected chi connectivity index (χ4v) is 4.35. The van der Waals surface area contributed by atoms with Crippen molar-refractivity contribution in [3.05, 3.63) is 114 Å². The maximum absolute atomic E-state index is 13.0. The number of aliphatic hydroxyl groups excluding tert-OH is 1. The van der Waals surface area contributed by atoms with E-state index in [-0.39, 0.29) is 33.5 Å².